The number of hydrogen-bond acceptors (Lipinski definition) is 4. The quantitative estimate of drug-likeness (QED) is 0.224. The van der Waals surface area contributed by atoms with Gasteiger partial charge in [-0.25, -0.2) is 0 Å². The number of halogens is 1. The Morgan fingerprint density at radius 3 is 2.75 bits per heavy atom. The van der Waals surface area contributed by atoms with E-state index in [2.05, 4.69) is 15.6 Å². The van der Waals surface area contributed by atoms with E-state index in [1.807, 2.05) is 18.7 Å². The van der Waals surface area contributed by atoms with Gasteiger partial charge < -0.3 is 25.0 Å². The highest BCUT2D eigenvalue weighted by molar-refractivity contribution is 14.0. The molecule has 1 unspecified atom stereocenters. The van der Waals surface area contributed by atoms with Crippen molar-refractivity contribution in [2.75, 3.05) is 53.1 Å². The lowest BCUT2D eigenvalue weighted by Gasteiger charge is -2.18. The molecule has 24 heavy (non-hydrogen) atoms. The Hall–Kier alpha value is -0.610. The number of amides is 1. The van der Waals surface area contributed by atoms with E-state index in [-0.39, 0.29) is 35.9 Å². The maximum atomic E-state index is 11.7. The molecule has 142 valence electrons. The topological polar surface area (TPSA) is 75.2 Å². The van der Waals surface area contributed by atoms with Gasteiger partial charge in [0.2, 0.25) is 5.91 Å². The summed E-state index contributed by atoms with van der Waals surface area (Å²) in [6, 6.07) is 0.279. The van der Waals surface area contributed by atoms with Crippen LogP contribution in [-0.4, -0.2) is 75.9 Å². The summed E-state index contributed by atoms with van der Waals surface area (Å²) >= 11 is 0. The van der Waals surface area contributed by atoms with Gasteiger partial charge in [0.15, 0.2) is 5.96 Å². The molecule has 1 heterocycles. The first-order chi connectivity index (χ1) is 11.2. The normalized spacial score (nSPS) is 17.5. The summed E-state index contributed by atoms with van der Waals surface area (Å²) in [6.07, 6.45) is 2.42. The number of carbonyl (C=O) groups excluding carboxylic acids is 1. The highest BCUT2D eigenvalue weighted by Gasteiger charge is 2.25. The van der Waals surface area contributed by atoms with Crippen LogP contribution in [0.5, 0.6) is 0 Å². The van der Waals surface area contributed by atoms with Crippen molar-refractivity contribution in [3.8, 4) is 0 Å². The number of rotatable bonds is 10. The first kappa shape index (κ1) is 23.4. The van der Waals surface area contributed by atoms with Crippen molar-refractivity contribution in [1.29, 1.82) is 0 Å². The molecule has 0 aromatic heterocycles. The van der Waals surface area contributed by atoms with Crippen LogP contribution in [0.1, 0.15) is 33.1 Å². The lowest BCUT2D eigenvalue weighted by molar-refractivity contribution is -0.129. The number of ether oxygens (including phenoxy) is 2. The molecule has 0 bridgehead atoms. The van der Waals surface area contributed by atoms with Crippen LogP contribution in [0.3, 0.4) is 0 Å². The van der Waals surface area contributed by atoms with E-state index < -0.39 is 0 Å². The van der Waals surface area contributed by atoms with Crippen molar-refractivity contribution >= 4 is 35.8 Å². The van der Waals surface area contributed by atoms with Crippen molar-refractivity contribution in [3.63, 3.8) is 0 Å². The van der Waals surface area contributed by atoms with E-state index in [1.165, 1.54) is 0 Å². The molecule has 1 aliphatic rings. The van der Waals surface area contributed by atoms with Gasteiger partial charge in [0, 0.05) is 52.4 Å². The third-order valence-corrected chi connectivity index (χ3v) is 3.68. The molecule has 0 spiro atoms. The number of likely N-dealkylation sites (tertiary alicyclic amines) is 1. The summed E-state index contributed by atoms with van der Waals surface area (Å²) in [5.41, 5.74) is 0. The number of aliphatic imine (C=N–C) groups is 1. The molecule has 1 saturated heterocycles. The predicted molar refractivity (Wildman–Crippen MR) is 107 cm³/mol. The molecular formula is C16H33IN4O3. The van der Waals surface area contributed by atoms with Crippen LogP contribution < -0.4 is 10.6 Å². The van der Waals surface area contributed by atoms with Gasteiger partial charge in [-0.05, 0) is 19.8 Å². The summed E-state index contributed by atoms with van der Waals surface area (Å²) in [4.78, 5) is 18.2. The standard InChI is InChI=1S/C16H32N4O3.HI/c1-4-15(21)20-9-7-14(13-20)19-16(17-5-2)18-8-6-10-23-12-11-22-3;/h14H,4-13H2,1-3H3,(H2,17,18,19);1H. The van der Waals surface area contributed by atoms with Crippen molar-refractivity contribution in [2.24, 2.45) is 4.99 Å². The molecule has 1 fully saturated rings. The van der Waals surface area contributed by atoms with E-state index in [0.717, 1.165) is 38.4 Å². The van der Waals surface area contributed by atoms with Crippen molar-refractivity contribution in [1.82, 2.24) is 15.5 Å². The molecule has 7 nitrogen and oxygen atoms in total. The van der Waals surface area contributed by atoms with Gasteiger partial charge >= 0.3 is 0 Å². The second-order valence-electron chi connectivity index (χ2n) is 5.54. The Kier molecular flexibility index (Phi) is 14.3. The number of methoxy groups -OCH3 is 1. The molecule has 1 amide bonds. The molecule has 0 saturated carbocycles. The highest BCUT2D eigenvalue weighted by Crippen LogP contribution is 2.10. The number of nitrogens with zero attached hydrogens (tertiary/aromatic N) is 2. The Labute approximate surface area is 162 Å². The van der Waals surface area contributed by atoms with Crippen molar-refractivity contribution in [3.05, 3.63) is 0 Å². The molecule has 0 aliphatic carbocycles. The lowest BCUT2D eigenvalue weighted by atomic mass is 10.3. The summed E-state index contributed by atoms with van der Waals surface area (Å²) < 4.78 is 10.3. The van der Waals surface area contributed by atoms with E-state index in [4.69, 9.17) is 9.47 Å². The maximum absolute atomic E-state index is 11.7. The van der Waals surface area contributed by atoms with E-state index in [1.54, 1.807) is 7.11 Å². The van der Waals surface area contributed by atoms with Gasteiger partial charge in [0.05, 0.1) is 13.2 Å². The fraction of sp³-hybridized carbons (Fsp3) is 0.875. The molecule has 0 radical (unpaired) electrons. The minimum atomic E-state index is 0. The van der Waals surface area contributed by atoms with E-state index in [9.17, 15) is 4.79 Å². The van der Waals surface area contributed by atoms with Crippen LogP contribution in [0.15, 0.2) is 4.99 Å². The minimum Gasteiger partial charge on any atom is -0.382 e. The summed E-state index contributed by atoms with van der Waals surface area (Å²) in [5.74, 6) is 1.05. The largest absolute Gasteiger partial charge is 0.382 e. The van der Waals surface area contributed by atoms with Crippen LogP contribution in [0, 0.1) is 0 Å². The first-order valence-corrected chi connectivity index (χ1v) is 8.60. The maximum Gasteiger partial charge on any atom is 0.222 e. The fourth-order valence-electron chi connectivity index (χ4n) is 2.44. The molecule has 1 rings (SSSR count). The van der Waals surface area contributed by atoms with Crippen LogP contribution in [-0.2, 0) is 14.3 Å². The number of hydrogen-bond donors (Lipinski definition) is 2. The molecular weight excluding hydrogens is 423 g/mol. The van der Waals surface area contributed by atoms with Gasteiger partial charge in [-0.3, -0.25) is 9.79 Å². The Balaban J connectivity index is 0.00000529. The Bertz CT molecular complexity index is 369. The van der Waals surface area contributed by atoms with E-state index in [0.29, 0.717) is 32.8 Å². The smallest absolute Gasteiger partial charge is 0.222 e. The van der Waals surface area contributed by atoms with Gasteiger partial charge in [-0.2, -0.15) is 0 Å². The summed E-state index contributed by atoms with van der Waals surface area (Å²) in [5, 5.41) is 6.67. The zero-order valence-electron chi connectivity index (χ0n) is 15.2. The third-order valence-electron chi connectivity index (χ3n) is 3.68. The zero-order chi connectivity index (χ0) is 16.9. The minimum absolute atomic E-state index is 0. The zero-order valence-corrected chi connectivity index (χ0v) is 17.5. The van der Waals surface area contributed by atoms with Crippen LogP contribution in [0.2, 0.25) is 0 Å². The average molecular weight is 456 g/mol. The lowest BCUT2D eigenvalue weighted by Crippen LogP contribution is -2.45. The molecule has 0 aromatic carbocycles. The second kappa shape index (κ2) is 14.7. The molecule has 2 N–H and O–H groups in total. The number of nitrogens with one attached hydrogen (secondary N) is 2. The average Bonchev–Trinajstić information content (AvgIpc) is 3.02. The first-order valence-electron chi connectivity index (χ1n) is 8.60. The molecule has 1 aliphatic heterocycles. The van der Waals surface area contributed by atoms with Crippen LogP contribution in [0.25, 0.3) is 0 Å². The molecule has 8 heteroatoms. The van der Waals surface area contributed by atoms with Crippen LogP contribution in [0.4, 0.5) is 0 Å². The fourth-order valence-corrected chi connectivity index (χ4v) is 2.44. The highest BCUT2D eigenvalue weighted by atomic mass is 127. The Morgan fingerprint density at radius 1 is 1.29 bits per heavy atom. The molecule has 0 aromatic rings. The van der Waals surface area contributed by atoms with Gasteiger partial charge in [0.25, 0.3) is 0 Å². The van der Waals surface area contributed by atoms with Crippen LogP contribution >= 0.6 is 24.0 Å². The Morgan fingerprint density at radius 2 is 2.08 bits per heavy atom. The third kappa shape index (κ3) is 9.63. The van der Waals surface area contributed by atoms with Gasteiger partial charge in [-0.15, -0.1) is 24.0 Å². The van der Waals surface area contributed by atoms with E-state index >= 15 is 0 Å². The SMILES string of the molecule is CCNC(=NCCCOCCOC)NC1CCN(C(=O)CC)C1.I. The van der Waals surface area contributed by atoms with Crippen molar-refractivity contribution in [2.45, 2.75) is 39.2 Å². The number of carbonyl (C=O) groups is 1. The monoisotopic (exact) mass is 456 g/mol. The summed E-state index contributed by atoms with van der Waals surface area (Å²) in [6.45, 7) is 9.02. The second-order valence-corrected chi connectivity index (χ2v) is 5.54. The number of guanidine groups is 1. The summed E-state index contributed by atoms with van der Waals surface area (Å²) in [7, 11) is 1.67. The molecule has 1 atom stereocenters. The van der Waals surface area contributed by atoms with Crippen molar-refractivity contribution < 1.29 is 14.3 Å². The van der Waals surface area contributed by atoms with Gasteiger partial charge in [-0.1, -0.05) is 6.92 Å². The van der Waals surface area contributed by atoms with Gasteiger partial charge in [0.1, 0.15) is 0 Å². The predicted octanol–water partition coefficient (Wildman–Crippen LogP) is 1.22.